The molecule has 0 aliphatic carbocycles. The smallest absolute Gasteiger partial charge is 0.101 e. The number of nitrogens with zero attached hydrogens (tertiary/aromatic N) is 3. The van der Waals surface area contributed by atoms with E-state index >= 15 is 0 Å². The van der Waals surface area contributed by atoms with E-state index in [0.717, 1.165) is 42.0 Å². The summed E-state index contributed by atoms with van der Waals surface area (Å²) in [5.74, 6) is 0. The van der Waals surface area contributed by atoms with Crippen LogP contribution in [0.15, 0.2) is 42.7 Å². The molecule has 0 spiro atoms. The number of rotatable bonds is 2. The fraction of sp³-hybridized carbons (Fsp3) is 0.176. The highest BCUT2D eigenvalue weighted by Gasteiger charge is 2.22. The lowest BCUT2D eigenvalue weighted by atomic mass is 9.99. The molecule has 0 saturated carbocycles. The molecule has 6 heteroatoms. The number of halogens is 2. The fourth-order valence-electron chi connectivity index (χ4n) is 2.92. The molecule has 0 atom stereocenters. The average Bonchev–Trinajstić information content (AvgIpc) is 2.97. The summed E-state index contributed by atoms with van der Waals surface area (Å²) in [6, 6.07) is 9.66. The van der Waals surface area contributed by atoms with Crippen molar-refractivity contribution in [2.75, 3.05) is 6.54 Å². The van der Waals surface area contributed by atoms with E-state index in [-0.39, 0.29) is 0 Å². The first kappa shape index (κ1) is 14.7. The Kier molecular flexibility index (Phi) is 3.81. The molecular weight excluding hydrogens is 331 g/mol. The first-order chi connectivity index (χ1) is 11.2. The molecule has 0 radical (unpaired) electrons. The highest BCUT2D eigenvalue weighted by Crippen LogP contribution is 2.37. The molecule has 3 heterocycles. The zero-order valence-corrected chi connectivity index (χ0v) is 13.8. The second-order valence-electron chi connectivity index (χ2n) is 5.43. The Morgan fingerprint density at radius 1 is 1.00 bits per heavy atom. The van der Waals surface area contributed by atoms with Gasteiger partial charge in [-0.1, -0.05) is 29.3 Å². The average molecular weight is 345 g/mol. The second kappa shape index (κ2) is 5.96. The van der Waals surface area contributed by atoms with Gasteiger partial charge in [0, 0.05) is 36.6 Å². The molecule has 4 nitrogen and oxygen atoms in total. The first-order valence-electron chi connectivity index (χ1n) is 7.40. The van der Waals surface area contributed by atoms with Crippen LogP contribution in [0.5, 0.6) is 0 Å². The molecule has 23 heavy (non-hydrogen) atoms. The molecule has 1 aliphatic heterocycles. The van der Waals surface area contributed by atoms with Gasteiger partial charge in [0.1, 0.15) is 5.69 Å². The minimum atomic E-state index is 0.536. The number of hydrogen-bond acceptors (Lipinski definition) is 3. The highest BCUT2D eigenvalue weighted by atomic mass is 35.5. The Balaban J connectivity index is 1.95. The van der Waals surface area contributed by atoms with Crippen molar-refractivity contribution in [3.63, 3.8) is 0 Å². The molecular formula is C17H14Cl2N4. The Morgan fingerprint density at radius 2 is 1.83 bits per heavy atom. The largest absolute Gasteiger partial charge is 0.309 e. The topological polar surface area (TPSA) is 42.7 Å². The van der Waals surface area contributed by atoms with Crippen molar-refractivity contribution in [2.45, 2.75) is 13.1 Å². The Labute approximate surface area is 144 Å². The van der Waals surface area contributed by atoms with Crippen molar-refractivity contribution in [3.8, 4) is 22.4 Å². The zero-order chi connectivity index (χ0) is 15.8. The number of nitrogens with one attached hydrogen (secondary N) is 1. The van der Waals surface area contributed by atoms with E-state index in [1.165, 1.54) is 5.69 Å². The summed E-state index contributed by atoms with van der Waals surface area (Å²) >= 11 is 12.3. The van der Waals surface area contributed by atoms with Crippen LogP contribution in [0, 0.1) is 0 Å². The van der Waals surface area contributed by atoms with Crippen LogP contribution in [0.3, 0.4) is 0 Å². The molecule has 1 N–H and O–H groups in total. The van der Waals surface area contributed by atoms with Gasteiger partial charge in [0.15, 0.2) is 0 Å². The number of benzene rings is 1. The first-order valence-corrected chi connectivity index (χ1v) is 8.16. The lowest BCUT2D eigenvalue weighted by Gasteiger charge is -2.16. The molecule has 0 unspecified atom stereocenters. The Hall–Kier alpha value is -1.88. The molecule has 2 aromatic heterocycles. The van der Waals surface area contributed by atoms with E-state index in [2.05, 4.69) is 15.0 Å². The maximum absolute atomic E-state index is 6.20. The van der Waals surface area contributed by atoms with Crippen LogP contribution in [-0.2, 0) is 13.1 Å². The minimum Gasteiger partial charge on any atom is -0.309 e. The SMILES string of the molecule is Clc1ccc(-c2nn3c(c2-c2ccncc2)CNCC3)cc1Cl. The molecule has 1 aromatic carbocycles. The van der Waals surface area contributed by atoms with Crippen molar-refractivity contribution in [1.29, 1.82) is 0 Å². The van der Waals surface area contributed by atoms with Crippen molar-refractivity contribution in [2.24, 2.45) is 0 Å². The molecule has 3 aromatic rings. The van der Waals surface area contributed by atoms with Crippen molar-refractivity contribution < 1.29 is 0 Å². The van der Waals surface area contributed by atoms with Gasteiger partial charge < -0.3 is 5.32 Å². The predicted molar refractivity (Wildman–Crippen MR) is 92.6 cm³/mol. The van der Waals surface area contributed by atoms with Crippen molar-refractivity contribution in [1.82, 2.24) is 20.1 Å². The van der Waals surface area contributed by atoms with E-state index in [4.69, 9.17) is 28.3 Å². The summed E-state index contributed by atoms with van der Waals surface area (Å²) in [6.45, 7) is 2.58. The third kappa shape index (κ3) is 2.63. The second-order valence-corrected chi connectivity index (χ2v) is 6.25. The predicted octanol–water partition coefficient (Wildman–Crippen LogP) is 4.02. The van der Waals surface area contributed by atoms with Gasteiger partial charge in [-0.15, -0.1) is 0 Å². The maximum atomic E-state index is 6.20. The van der Waals surface area contributed by atoms with Crippen LogP contribution >= 0.6 is 23.2 Å². The summed E-state index contributed by atoms with van der Waals surface area (Å²) in [4.78, 5) is 4.11. The number of aromatic nitrogens is 3. The van der Waals surface area contributed by atoms with Crippen molar-refractivity contribution in [3.05, 3.63) is 58.5 Å². The monoisotopic (exact) mass is 344 g/mol. The van der Waals surface area contributed by atoms with Gasteiger partial charge in [0.05, 0.1) is 22.3 Å². The lowest BCUT2D eigenvalue weighted by Crippen LogP contribution is -2.28. The van der Waals surface area contributed by atoms with Crippen LogP contribution in [-0.4, -0.2) is 21.3 Å². The fourth-order valence-corrected chi connectivity index (χ4v) is 3.22. The summed E-state index contributed by atoms with van der Waals surface area (Å²) < 4.78 is 2.07. The summed E-state index contributed by atoms with van der Waals surface area (Å²) in [5.41, 5.74) is 5.30. The normalized spacial score (nSPS) is 13.8. The van der Waals surface area contributed by atoms with Gasteiger partial charge in [0.2, 0.25) is 0 Å². The number of fused-ring (bicyclic) bond motifs is 1. The molecule has 0 bridgehead atoms. The van der Waals surface area contributed by atoms with E-state index in [9.17, 15) is 0 Å². The van der Waals surface area contributed by atoms with Crippen LogP contribution < -0.4 is 5.32 Å². The van der Waals surface area contributed by atoms with Gasteiger partial charge in [-0.25, -0.2) is 0 Å². The Morgan fingerprint density at radius 3 is 2.61 bits per heavy atom. The molecule has 0 fully saturated rings. The van der Waals surface area contributed by atoms with Gasteiger partial charge >= 0.3 is 0 Å². The Bertz CT molecular complexity index is 859. The number of pyridine rings is 1. The highest BCUT2D eigenvalue weighted by molar-refractivity contribution is 6.42. The third-order valence-corrected chi connectivity index (χ3v) is 4.75. The van der Waals surface area contributed by atoms with Crippen LogP contribution in [0.25, 0.3) is 22.4 Å². The van der Waals surface area contributed by atoms with E-state index < -0.39 is 0 Å². The van der Waals surface area contributed by atoms with Gasteiger partial charge in [0.25, 0.3) is 0 Å². The van der Waals surface area contributed by atoms with Crippen LogP contribution in [0.1, 0.15) is 5.69 Å². The van der Waals surface area contributed by atoms with E-state index in [0.29, 0.717) is 10.0 Å². The quantitative estimate of drug-likeness (QED) is 0.763. The third-order valence-electron chi connectivity index (χ3n) is 4.01. The molecule has 4 rings (SSSR count). The zero-order valence-electron chi connectivity index (χ0n) is 12.3. The summed E-state index contributed by atoms with van der Waals surface area (Å²) in [7, 11) is 0. The summed E-state index contributed by atoms with van der Waals surface area (Å²) in [5, 5.41) is 9.32. The lowest BCUT2D eigenvalue weighted by molar-refractivity contribution is 0.477. The number of hydrogen-bond donors (Lipinski definition) is 1. The standard InChI is InChI=1S/C17H14Cl2N4/c18-13-2-1-12(9-14(13)19)17-16(11-3-5-20-6-4-11)15-10-21-7-8-23(15)22-17/h1-6,9,21H,7-8,10H2. The van der Waals surface area contributed by atoms with Gasteiger partial charge in [-0.05, 0) is 29.8 Å². The van der Waals surface area contributed by atoms with E-state index in [1.807, 2.05) is 30.3 Å². The van der Waals surface area contributed by atoms with E-state index in [1.54, 1.807) is 12.4 Å². The molecule has 0 saturated heterocycles. The minimum absolute atomic E-state index is 0.536. The molecule has 1 aliphatic rings. The van der Waals surface area contributed by atoms with Crippen molar-refractivity contribution >= 4 is 23.2 Å². The van der Waals surface area contributed by atoms with Gasteiger partial charge in [-0.2, -0.15) is 5.10 Å². The van der Waals surface area contributed by atoms with Crippen LogP contribution in [0.2, 0.25) is 10.0 Å². The molecule has 116 valence electrons. The van der Waals surface area contributed by atoms with Crippen LogP contribution in [0.4, 0.5) is 0 Å². The molecule has 0 amide bonds. The van der Waals surface area contributed by atoms with Gasteiger partial charge in [-0.3, -0.25) is 9.67 Å². The maximum Gasteiger partial charge on any atom is 0.101 e. The summed E-state index contributed by atoms with van der Waals surface area (Å²) in [6.07, 6.45) is 3.60.